The van der Waals surface area contributed by atoms with Gasteiger partial charge in [-0.2, -0.15) is 0 Å². The molecular formula is C15H22N2O. The van der Waals surface area contributed by atoms with Gasteiger partial charge in [0.15, 0.2) is 0 Å². The van der Waals surface area contributed by atoms with Crippen LogP contribution in [0.5, 0.6) is 0 Å². The minimum atomic E-state index is -0.182. The molecule has 2 rings (SSSR count). The van der Waals surface area contributed by atoms with Gasteiger partial charge in [-0.3, -0.25) is 4.79 Å². The van der Waals surface area contributed by atoms with E-state index >= 15 is 0 Å². The van der Waals surface area contributed by atoms with Crippen LogP contribution >= 0.6 is 0 Å². The summed E-state index contributed by atoms with van der Waals surface area (Å²) in [5, 5.41) is 6.19. The SMILES string of the molecule is CCNC(=O)C(C)Nc1cccc2c1CCCC2. The summed E-state index contributed by atoms with van der Waals surface area (Å²) >= 11 is 0. The molecule has 1 aliphatic carbocycles. The van der Waals surface area contributed by atoms with Crippen molar-refractivity contribution in [2.45, 2.75) is 45.6 Å². The van der Waals surface area contributed by atoms with Gasteiger partial charge in [-0.25, -0.2) is 0 Å². The van der Waals surface area contributed by atoms with Crippen LogP contribution in [-0.4, -0.2) is 18.5 Å². The second-order valence-corrected chi connectivity index (χ2v) is 4.91. The number of rotatable bonds is 4. The van der Waals surface area contributed by atoms with Gasteiger partial charge in [0.2, 0.25) is 5.91 Å². The van der Waals surface area contributed by atoms with Crippen molar-refractivity contribution in [3.63, 3.8) is 0 Å². The van der Waals surface area contributed by atoms with Gasteiger partial charge < -0.3 is 10.6 Å². The molecule has 98 valence electrons. The van der Waals surface area contributed by atoms with Crippen molar-refractivity contribution in [2.75, 3.05) is 11.9 Å². The topological polar surface area (TPSA) is 41.1 Å². The first-order valence-electron chi connectivity index (χ1n) is 6.87. The summed E-state index contributed by atoms with van der Waals surface area (Å²) in [7, 11) is 0. The fourth-order valence-electron chi connectivity index (χ4n) is 2.54. The maximum absolute atomic E-state index is 11.7. The maximum Gasteiger partial charge on any atom is 0.242 e. The number of carbonyl (C=O) groups is 1. The summed E-state index contributed by atoms with van der Waals surface area (Å²) < 4.78 is 0. The Morgan fingerprint density at radius 2 is 2.11 bits per heavy atom. The number of hydrogen-bond donors (Lipinski definition) is 2. The Bertz CT molecular complexity index is 429. The Kier molecular flexibility index (Phi) is 4.24. The highest BCUT2D eigenvalue weighted by molar-refractivity contribution is 5.84. The third-order valence-corrected chi connectivity index (χ3v) is 3.51. The van der Waals surface area contributed by atoms with Crippen molar-refractivity contribution in [1.82, 2.24) is 5.32 Å². The number of anilines is 1. The number of nitrogens with one attached hydrogen (secondary N) is 2. The van der Waals surface area contributed by atoms with Crippen molar-refractivity contribution in [1.29, 1.82) is 0 Å². The molecule has 0 aromatic heterocycles. The summed E-state index contributed by atoms with van der Waals surface area (Å²) in [5.41, 5.74) is 3.97. The van der Waals surface area contributed by atoms with Crippen molar-refractivity contribution in [2.24, 2.45) is 0 Å². The van der Waals surface area contributed by atoms with Gasteiger partial charge in [0, 0.05) is 12.2 Å². The van der Waals surface area contributed by atoms with E-state index in [-0.39, 0.29) is 11.9 Å². The van der Waals surface area contributed by atoms with Gasteiger partial charge in [0.05, 0.1) is 0 Å². The smallest absolute Gasteiger partial charge is 0.242 e. The molecule has 0 spiro atoms. The third kappa shape index (κ3) is 2.84. The van der Waals surface area contributed by atoms with Crippen LogP contribution in [0.15, 0.2) is 18.2 Å². The molecule has 1 aromatic carbocycles. The lowest BCUT2D eigenvalue weighted by atomic mass is 9.90. The molecule has 1 atom stereocenters. The van der Waals surface area contributed by atoms with E-state index in [2.05, 4.69) is 28.8 Å². The molecule has 1 aromatic rings. The molecule has 0 radical (unpaired) electrons. The van der Waals surface area contributed by atoms with Crippen molar-refractivity contribution >= 4 is 11.6 Å². The molecule has 3 heteroatoms. The lowest BCUT2D eigenvalue weighted by molar-refractivity contribution is -0.121. The van der Waals surface area contributed by atoms with Crippen LogP contribution in [0, 0.1) is 0 Å². The number of amides is 1. The molecule has 1 aliphatic rings. The van der Waals surface area contributed by atoms with Crippen LogP contribution < -0.4 is 10.6 Å². The van der Waals surface area contributed by atoms with Crippen molar-refractivity contribution in [3.05, 3.63) is 29.3 Å². The summed E-state index contributed by atoms with van der Waals surface area (Å²) in [5.74, 6) is 0.0610. The highest BCUT2D eigenvalue weighted by Crippen LogP contribution is 2.28. The average Bonchev–Trinajstić information content (AvgIpc) is 2.39. The number of likely N-dealkylation sites (N-methyl/N-ethyl adjacent to an activating group) is 1. The van der Waals surface area contributed by atoms with Crippen LogP contribution in [0.25, 0.3) is 0 Å². The first-order valence-corrected chi connectivity index (χ1v) is 6.87. The quantitative estimate of drug-likeness (QED) is 0.857. The van der Waals surface area contributed by atoms with E-state index < -0.39 is 0 Å². The van der Waals surface area contributed by atoms with Gasteiger partial charge in [0.25, 0.3) is 0 Å². The van der Waals surface area contributed by atoms with Gasteiger partial charge in [-0.1, -0.05) is 12.1 Å². The van der Waals surface area contributed by atoms with E-state index in [1.807, 2.05) is 13.8 Å². The molecule has 0 saturated carbocycles. The van der Waals surface area contributed by atoms with Gasteiger partial charge in [-0.15, -0.1) is 0 Å². The first kappa shape index (κ1) is 12.9. The monoisotopic (exact) mass is 246 g/mol. The van der Waals surface area contributed by atoms with Crippen LogP contribution in [0.1, 0.15) is 37.8 Å². The van der Waals surface area contributed by atoms with Gasteiger partial charge in [0.1, 0.15) is 6.04 Å². The number of benzene rings is 1. The van der Waals surface area contributed by atoms with Gasteiger partial charge in [-0.05, 0) is 56.7 Å². The molecule has 0 aliphatic heterocycles. The summed E-state index contributed by atoms with van der Waals surface area (Å²) in [6.07, 6.45) is 4.82. The number of carbonyl (C=O) groups excluding carboxylic acids is 1. The minimum absolute atomic E-state index is 0.0610. The van der Waals surface area contributed by atoms with Crippen LogP contribution in [0.4, 0.5) is 5.69 Å². The number of aryl methyl sites for hydroxylation is 1. The molecule has 0 saturated heterocycles. The largest absolute Gasteiger partial charge is 0.374 e. The first-order chi connectivity index (χ1) is 8.72. The number of hydrogen-bond acceptors (Lipinski definition) is 2. The standard InChI is InChI=1S/C15H22N2O/c1-3-16-15(18)11(2)17-14-10-6-8-12-7-4-5-9-13(12)14/h6,8,10-11,17H,3-5,7,9H2,1-2H3,(H,16,18). The second kappa shape index (κ2) is 5.89. The van der Waals surface area contributed by atoms with Crippen molar-refractivity contribution in [3.8, 4) is 0 Å². The molecule has 18 heavy (non-hydrogen) atoms. The normalized spacial score (nSPS) is 15.7. The molecule has 0 heterocycles. The Labute approximate surface area is 109 Å². The average molecular weight is 246 g/mol. The second-order valence-electron chi connectivity index (χ2n) is 4.91. The van der Waals surface area contributed by atoms with Gasteiger partial charge >= 0.3 is 0 Å². The van der Waals surface area contributed by atoms with E-state index in [4.69, 9.17) is 0 Å². The highest BCUT2D eigenvalue weighted by atomic mass is 16.2. The predicted octanol–water partition coefficient (Wildman–Crippen LogP) is 2.50. The molecular weight excluding hydrogens is 224 g/mol. The third-order valence-electron chi connectivity index (χ3n) is 3.51. The summed E-state index contributed by atoms with van der Waals surface area (Å²) in [6, 6.07) is 6.19. The molecule has 2 N–H and O–H groups in total. The molecule has 3 nitrogen and oxygen atoms in total. The van der Waals surface area contributed by atoms with Crippen LogP contribution in [0.2, 0.25) is 0 Å². The van der Waals surface area contributed by atoms with E-state index in [1.165, 1.54) is 30.4 Å². The fraction of sp³-hybridized carbons (Fsp3) is 0.533. The Hall–Kier alpha value is -1.51. The van der Waals surface area contributed by atoms with Crippen LogP contribution in [0.3, 0.4) is 0 Å². The van der Waals surface area contributed by atoms with Crippen molar-refractivity contribution < 1.29 is 4.79 Å². The maximum atomic E-state index is 11.7. The zero-order chi connectivity index (χ0) is 13.0. The Morgan fingerprint density at radius 3 is 2.89 bits per heavy atom. The lowest BCUT2D eigenvalue weighted by Crippen LogP contribution is -2.37. The van der Waals surface area contributed by atoms with E-state index in [0.29, 0.717) is 6.54 Å². The van der Waals surface area contributed by atoms with E-state index in [0.717, 1.165) is 12.1 Å². The van der Waals surface area contributed by atoms with E-state index in [1.54, 1.807) is 0 Å². The minimum Gasteiger partial charge on any atom is -0.374 e. The summed E-state index contributed by atoms with van der Waals surface area (Å²) in [4.78, 5) is 11.7. The molecule has 0 fully saturated rings. The zero-order valence-corrected chi connectivity index (χ0v) is 11.3. The zero-order valence-electron chi connectivity index (χ0n) is 11.3. The Morgan fingerprint density at radius 1 is 1.33 bits per heavy atom. The predicted molar refractivity (Wildman–Crippen MR) is 74.9 cm³/mol. The molecule has 1 unspecified atom stereocenters. The molecule has 1 amide bonds. The molecule has 0 bridgehead atoms. The Balaban J connectivity index is 2.11. The van der Waals surface area contributed by atoms with E-state index in [9.17, 15) is 4.79 Å². The summed E-state index contributed by atoms with van der Waals surface area (Å²) in [6.45, 7) is 4.53. The van der Waals surface area contributed by atoms with Crippen LogP contribution in [-0.2, 0) is 17.6 Å². The fourth-order valence-corrected chi connectivity index (χ4v) is 2.54. The highest BCUT2D eigenvalue weighted by Gasteiger charge is 2.16. The lowest BCUT2D eigenvalue weighted by Gasteiger charge is -2.22. The number of fused-ring (bicyclic) bond motifs is 1.